The molecule has 13 rings (SSSR count). The molecular weight excluding hydrogens is 797 g/mol. The molecule has 3 aromatic heterocycles. The van der Waals surface area contributed by atoms with Crippen molar-refractivity contribution in [2.24, 2.45) is 0 Å². The lowest BCUT2D eigenvalue weighted by atomic mass is 9.96. The van der Waals surface area contributed by atoms with Crippen molar-refractivity contribution >= 4 is 74.9 Å². The molecule has 0 saturated carbocycles. The molecule has 0 N–H and O–H groups in total. The lowest BCUT2D eigenvalue weighted by molar-refractivity contribution is 1.08. The molecule has 4 nitrogen and oxygen atoms in total. The summed E-state index contributed by atoms with van der Waals surface area (Å²) in [5.41, 5.74) is 10.9. The zero-order valence-electron chi connectivity index (χ0n) is 34.5. The number of hydrogen-bond acceptors (Lipinski definition) is 4. The van der Waals surface area contributed by atoms with Gasteiger partial charge >= 0.3 is 0 Å². The van der Waals surface area contributed by atoms with Gasteiger partial charge in [0.2, 0.25) is 0 Å². The van der Waals surface area contributed by atoms with E-state index in [1.807, 2.05) is 29.5 Å². The largest absolute Gasteiger partial charge is 0.309 e. The highest BCUT2D eigenvalue weighted by molar-refractivity contribution is 7.26. The van der Waals surface area contributed by atoms with Gasteiger partial charge in [-0.3, -0.25) is 0 Å². The van der Waals surface area contributed by atoms with Gasteiger partial charge in [-0.15, -0.1) is 11.3 Å². The summed E-state index contributed by atoms with van der Waals surface area (Å²) in [5.74, 6) is 1.91. The first kappa shape index (κ1) is 36.4. The minimum absolute atomic E-state index is 0.629. The zero-order valence-corrected chi connectivity index (χ0v) is 35.3. The van der Waals surface area contributed by atoms with E-state index in [9.17, 15) is 0 Å². The van der Waals surface area contributed by atoms with Gasteiger partial charge < -0.3 is 4.57 Å². The Balaban J connectivity index is 1.02. The summed E-state index contributed by atoms with van der Waals surface area (Å²) in [4.78, 5) is 15.8. The first-order valence-corrected chi connectivity index (χ1v) is 22.4. The van der Waals surface area contributed by atoms with Crippen molar-refractivity contribution < 1.29 is 0 Å². The van der Waals surface area contributed by atoms with E-state index in [2.05, 4.69) is 205 Å². The van der Waals surface area contributed by atoms with Gasteiger partial charge in [-0.1, -0.05) is 170 Å². The predicted octanol–water partition coefficient (Wildman–Crippen LogP) is 16.0. The maximum Gasteiger partial charge on any atom is 0.164 e. The van der Waals surface area contributed by atoms with Crippen molar-refractivity contribution in [1.82, 2.24) is 19.5 Å². The maximum atomic E-state index is 5.36. The van der Waals surface area contributed by atoms with Crippen LogP contribution in [0.4, 0.5) is 0 Å². The fraction of sp³-hybridized carbons (Fsp3) is 0. The van der Waals surface area contributed by atoms with Crippen molar-refractivity contribution in [2.75, 3.05) is 0 Å². The predicted molar refractivity (Wildman–Crippen MR) is 269 cm³/mol. The number of fused-ring (bicyclic) bond motifs is 10. The van der Waals surface area contributed by atoms with E-state index in [0.717, 1.165) is 50.0 Å². The minimum Gasteiger partial charge on any atom is -0.309 e. The first-order chi connectivity index (χ1) is 31.7. The smallest absolute Gasteiger partial charge is 0.164 e. The number of hydrogen-bond donors (Lipinski definition) is 0. The molecular formula is C59H36N4S. The second kappa shape index (κ2) is 14.7. The van der Waals surface area contributed by atoms with Crippen LogP contribution in [0.3, 0.4) is 0 Å². The third-order valence-corrected chi connectivity index (χ3v) is 13.7. The summed E-state index contributed by atoms with van der Waals surface area (Å²) < 4.78 is 4.84. The molecule has 0 spiro atoms. The van der Waals surface area contributed by atoms with Crippen molar-refractivity contribution in [3.8, 4) is 62.1 Å². The Bertz CT molecular complexity index is 3800. The summed E-state index contributed by atoms with van der Waals surface area (Å²) in [5, 5.41) is 9.91. The third kappa shape index (κ3) is 5.93. The van der Waals surface area contributed by atoms with Crippen LogP contribution < -0.4 is 0 Å². The average molecular weight is 833 g/mol. The van der Waals surface area contributed by atoms with Crippen LogP contribution in [0.5, 0.6) is 0 Å². The molecule has 64 heavy (non-hydrogen) atoms. The molecule has 0 atom stereocenters. The second-order valence-corrected chi connectivity index (χ2v) is 17.4. The Labute approximate surface area is 373 Å². The molecule has 0 unspecified atom stereocenters. The molecule has 13 aromatic rings. The molecule has 0 saturated heterocycles. The molecule has 0 amide bonds. The normalized spacial score (nSPS) is 11.8. The summed E-state index contributed by atoms with van der Waals surface area (Å²) in [6.45, 7) is 0. The first-order valence-electron chi connectivity index (χ1n) is 21.6. The number of aromatic nitrogens is 4. The number of rotatable bonds is 6. The summed E-state index contributed by atoms with van der Waals surface area (Å²) in [6.07, 6.45) is 0. The maximum absolute atomic E-state index is 5.36. The van der Waals surface area contributed by atoms with Gasteiger partial charge in [0.05, 0.1) is 11.0 Å². The Morgan fingerprint density at radius 1 is 0.312 bits per heavy atom. The van der Waals surface area contributed by atoms with Gasteiger partial charge in [-0.2, -0.15) is 0 Å². The van der Waals surface area contributed by atoms with E-state index < -0.39 is 0 Å². The van der Waals surface area contributed by atoms with Crippen LogP contribution >= 0.6 is 11.3 Å². The van der Waals surface area contributed by atoms with Crippen LogP contribution in [0.15, 0.2) is 218 Å². The van der Waals surface area contributed by atoms with E-state index in [0.29, 0.717) is 17.5 Å². The van der Waals surface area contributed by atoms with E-state index in [-0.39, 0.29) is 0 Å². The van der Waals surface area contributed by atoms with Crippen molar-refractivity contribution in [2.45, 2.75) is 0 Å². The molecule has 298 valence electrons. The molecule has 0 radical (unpaired) electrons. The van der Waals surface area contributed by atoms with Crippen LogP contribution in [0.25, 0.3) is 126 Å². The fourth-order valence-electron chi connectivity index (χ4n) is 9.66. The van der Waals surface area contributed by atoms with Crippen LogP contribution in [0, 0.1) is 0 Å². The highest BCUT2D eigenvalue weighted by atomic mass is 32.1. The van der Waals surface area contributed by atoms with Crippen molar-refractivity contribution in [3.05, 3.63) is 218 Å². The van der Waals surface area contributed by atoms with Crippen molar-refractivity contribution in [3.63, 3.8) is 0 Å². The minimum atomic E-state index is 0.629. The van der Waals surface area contributed by atoms with E-state index in [1.165, 1.54) is 58.1 Å². The van der Waals surface area contributed by atoms with Gasteiger partial charge in [0.15, 0.2) is 17.5 Å². The molecule has 3 heterocycles. The summed E-state index contributed by atoms with van der Waals surface area (Å²) in [7, 11) is 0. The van der Waals surface area contributed by atoms with Gasteiger partial charge in [0, 0.05) is 53.3 Å². The van der Waals surface area contributed by atoms with Gasteiger partial charge in [0.25, 0.3) is 0 Å². The molecule has 5 heteroatoms. The molecule has 0 bridgehead atoms. The number of nitrogens with zero attached hydrogens (tertiary/aromatic N) is 4. The SMILES string of the molecule is c1ccc(-c2cc(-c3ccccc3)cc(-c3nc(-c4ccccc4)nc(-c4cccc5sc6cc(-n7c8ccc9ccccc9c8c8c9ccccc9ccc87)ccc6c45)n3)c2)cc1. The Kier molecular flexibility index (Phi) is 8.36. The van der Waals surface area contributed by atoms with Gasteiger partial charge in [-0.05, 0) is 92.3 Å². The molecule has 0 aliphatic rings. The molecule has 0 fully saturated rings. The standard InChI is InChI=1S/C59H36N4S/c1-4-15-37(16-5-1)42-33-43(38-17-6-2-7-18-38)35-44(34-42)58-60-57(41-21-8-3-9-22-41)61-59(62-58)49-25-14-26-52-54(49)48-30-29-45(36-53(48)64-52)63-50-31-27-39-19-10-12-23-46(39)55(50)56-47-24-13-11-20-40(47)28-32-51(56)63/h1-36H. The highest BCUT2D eigenvalue weighted by Crippen LogP contribution is 2.44. The van der Waals surface area contributed by atoms with Crippen molar-refractivity contribution in [1.29, 1.82) is 0 Å². The zero-order chi connectivity index (χ0) is 42.1. The number of thiophene rings is 1. The van der Waals surface area contributed by atoms with Gasteiger partial charge in [-0.25, -0.2) is 15.0 Å². The third-order valence-electron chi connectivity index (χ3n) is 12.6. The van der Waals surface area contributed by atoms with Gasteiger partial charge in [0.1, 0.15) is 0 Å². The molecule has 10 aromatic carbocycles. The van der Waals surface area contributed by atoms with E-state index in [1.54, 1.807) is 0 Å². The number of benzene rings is 10. The second-order valence-electron chi connectivity index (χ2n) is 16.4. The lowest BCUT2D eigenvalue weighted by Crippen LogP contribution is -2.01. The summed E-state index contributed by atoms with van der Waals surface area (Å²) >= 11 is 1.81. The van der Waals surface area contributed by atoms with Crippen LogP contribution in [-0.2, 0) is 0 Å². The van der Waals surface area contributed by atoms with Crippen LogP contribution in [-0.4, -0.2) is 19.5 Å². The average Bonchev–Trinajstić information content (AvgIpc) is 3.93. The monoisotopic (exact) mass is 832 g/mol. The van der Waals surface area contributed by atoms with E-state index >= 15 is 0 Å². The fourth-order valence-corrected chi connectivity index (χ4v) is 10.8. The Morgan fingerprint density at radius 2 is 0.828 bits per heavy atom. The highest BCUT2D eigenvalue weighted by Gasteiger charge is 2.21. The molecule has 0 aliphatic heterocycles. The van der Waals surface area contributed by atoms with Crippen LogP contribution in [0.1, 0.15) is 0 Å². The summed E-state index contributed by atoms with van der Waals surface area (Å²) in [6, 6.07) is 78.0. The Morgan fingerprint density at radius 3 is 1.44 bits per heavy atom. The van der Waals surface area contributed by atoms with E-state index in [4.69, 9.17) is 15.0 Å². The Hall–Kier alpha value is -8.25. The quantitative estimate of drug-likeness (QED) is 0.168. The molecule has 0 aliphatic carbocycles. The topological polar surface area (TPSA) is 43.6 Å². The lowest BCUT2D eigenvalue weighted by Gasteiger charge is -2.13. The van der Waals surface area contributed by atoms with Crippen LogP contribution in [0.2, 0.25) is 0 Å².